The molecule has 1 unspecified atom stereocenters. The normalized spacial score (nSPS) is 17.8. The van der Waals surface area contributed by atoms with Crippen LogP contribution >= 0.6 is 0 Å². The summed E-state index contributed by atoms with van der Waals surface area (Å²) in [4.78, 5) is 18.8. The maximum absolute atomic E-state index is 11.7. The molecule has 25 heavy (non-hydrogen) atoms. The van der Waals surface area contributed by atoms with E-state index in [1.54, 1.807) is 6.92 Å². The van der Waals surface area contributed by atoms with E-state index >= 15 is 0 Å². The summed E-state index contributed by atoms with van der Waals surface area (Å²) < 4.78 is 0. The number of hydrogen-bond donors (Lipinski definition) is 1. The average Bonchev–Trinajstić information content (AvgIpc) is 2.70. The molecule has 1 atom stereocenters. The molecule has 3 rings (SSSR count). The van der Waals surface area contributed by atoms with Gasteiger partial charge < -0.3 is 10.2 Å². The first-order chi connectivity index (χ1) is 12.1. The third kappa shape index (κ3) is 3.97. The standard InChI is InChI=1S/C21H25N3O/c1-15(25)23-20-14-16-8-4-5-9-17(16)21(22-12-13-24(2)3)19-11-7-6-10-18(19)20/h4-11,20H,12-14H2,1-3H3,(H,23,25)/b22-21+. The Balaban J connectivity index is 2.12. The number of carbonyl (C=O) groups is 1. The Morgan fingerprint density at radius 2 is 1.80 bits per heavy atom. The molecule has 0 aromatic heterocycles. The Morgan fingerprint density at radius 1 is 1.12 bits per heavy atom. The van der Waals surface area contributed by atoms with Crippen molar-refractivity contribution >= 4 is 11.6 Å². The van der Waals surface area contributed by atoms with E-state index in [1.807, 2.05) is 12.1 Å². The third-order valence-corrected chi connectivity index (χ3v) is 4.48. The van der Waals surface area contributed by atoms with Crippen molar-refractivity contribution in [2.45, 2.75) is 19.4 Å². The number of rotatable bonds is 4. The molecule has 0 heterocycles. The molecular formula is C21H25N3O. The molecule has 1 aliphatic rings. The zero-order chi connectivity index (χ0) is 17.8. The van der Waals surface area contributed by atoms with Gasteiger partial charge in [0.15, 0.2) is 0 Å². The topological polar surface area (TPSA) is 44.7 Å². The Labute approximate surface area is 149 Å². The van der Waals surface area contributed by atoms with E-state index in [4.69, 9.17) is 4.99 Å². The van der Waals surface area contributed by atoms with Gasteiger partial charge in [0.2, 0.25) is 5.91 Å². The van der Waals surface area contributed by atoms with Gasteiger partial charge in [-0.15, -0.1) is 0 Å². The van der Waals surface area contributed by atoms with Gasteiger partial charge in [0.05, 0.1) is 18.3 Å². The van der Waals surface area contributed by atoms with Gasteiger partial charge >= 0.3 is 0 Å². The van der Waals surface area contributed by atoms with Crippen LogP contribution in [-0.4, -0.2) is 43.7 Å². The third-order valence-electron chi connectivity index (χ3n) is 4.48. The van der Waals surface area contributed by atoms with Crippen molar-refractivity contribution in [3.05, 3.63) is 70.8 Å². The van der Waals surface area contributed by atoms with Crippen LogP contribution in [0.2, 0.25) is 0 Å². The van der Waals surface area contributed by atoms with Crippen molar-refractivity contribution in [2.24, 2.45) is 4.99 Å². The lowest BCUT2D eigenvalue weighted by atomic mass is 9.97. The first-order valence-electron chi connectivity index (χ1n) is 8.70. The van der Waals surface area contributed by atoms with Gasteiger partial charge in [0.25, 0.3) is 0 Å². The summed E-state index contributed by atoms with van der Waals surface area (Å²) in [6.07, 6.45) is 0.777. The van der Waals surface area contributed by atoms with E-state index in [0.717, 1.165) is 36.3 Å². The number of nitrogens with one attached hydrogen (secondary N) is 1. The minimum absolute atomic E-state index is 0.00900. The van der Waals surface area contributed by atoms with Crippen LogP contribution in [0.25, 0.3) is 0 Å². The molecule has 0 bridgehead atoms. The van der Waals surface area contributed by atoms with Crippen molar-refractivity contribution in [1.29, 1.82) is 0 Å². The van der Waals surface area contributed by atoms with Gasteiger partial charge in [-0.1, -0.05) is 48.5 Å². The first kappa shape index (κ1) is 17.4. The molecule has 0 aliphatic heterocycles. The summed E-state index contributed by atoms with van der Waals surface area (Å²) in [6.45, 7) is 3.23. The number of carbonyl (C=O) groups excluding carboxylic acids is 1. The number of nitrogens with zero attached hydrogens (tertiary/aromatic N) is 2. The van der Waals surface area contributed by atoms with Gasteiger partial charge in [0.1, 0.15) is 0 Å². The summed E-state index contributed by atoms with van der Waals surface area (Å²) in [7, 11) is 4.12. The second-order valence-electron chi connectivity index (χ2n) is 6.74. The molecule has 1 amide bonds. The smallest absolute Gasteiger partial charge is 0.217 e. The van der Waals surface area contributed by atoms with Gasteiger partial charge in [-0.05, 0) is 31.6 Å². The van der Waals surface area contributed by atoms with E-state index in [-0.39, 0.29) is 11.9 Å². The van der Waals surface area contributed by atoms with Crippen LogP contribution in [0, 0.1) is 0 Å². The van der Waals surface area contributed by atoms with Crippen LogP contribution in [0.3, 0.4) is 0 Å². The molecule has 0 saturated heterocycles. The summed E-state index contributed by atoms with van der Waals surface area (Å²) in [6, 6.07) is 16.6. The summed E-state index contributed by atoms with van der Waals surface area (Å²) >= 11 is 0. The molecule has 0 radical (unpaired) electrons. The SMILES string of the molecule is CC(=O)NC1Cc2ccccc2/C(=N\CCN(C)C)c2ccccc21. The van der Waals surface area contributed by atoms with Crippen molar-refractivity contribution in [3.63, 3.8) is 0 Å². The fourth-order valence-corrected chi connectivity index (χ4v) is 3.33. The van der Waals surface area contributed by atoms with Crippen LogP contribution in [0.5, 0.6) is 0 Å². The molecule has 4 heteroatoms. The zero-order valence-corrected chi connectivity index (χ0v) is 15.1. The summed E-state index contributed by atoms with van der Waals surface area (Å²) in [5.41, 5.74) is 5.67. The monoisotopic (exact) mass is 335 g/mol. The van der Waals surface area contributed by atoms with E-state index < -0.39 is 0 Å². The number of hydrogen-bond acceptors (Lipinski definition) is 3. The highest BCUT2D eigenvalue weighted by Gasteiger charge is 2.26. The predicted octanol–water partition coefficient (Wildman–Crippen LogP) is 2.82. The second-order valence-corrected chi connectivity index (χ2v) is 6.74. The lowest BCUT2D eigenvalue weighted by molar-refractivity contribution is -0.119. The van der Waals surface area contributed by atoms with Crippen molar-refractivity contribution in [3.8, 4) is 0 Å². The van der Waals surface area contributed by atoms with Gasteiger partial charge in [-0.2, -0.15) is 0 Å². The fraction of sp³-hybridized carbons (Fsp3) is 0.333. The Morgan fingerprint density at radius 3 is 2.52 bits per heavy atom. The first-order valence-corrected chi connectivity index (χ1v) is 8.70. The average molecular weight is 335 g/mol. The molecular weight excluding hydrogens is 310 g/mol. The van der Waals surface area contributed by atoms with Crippen LogP contribution in [0.1, 0.15) is 35.2 Å². The van der Waals surface area contributed by atoms with Crippen molar-refractivity contribution < 1.29 is 4.79 Å². The lowest BCUT2D eigenvalue weighted by Gasteiger charge is -2.18. The highest BCUT2D eigenvalue weighted by Crippen LogP contribution is 2.31. The Kier molecular flexibility index (Phi) is 5.29. The largest absolute Gasteiger partial charge is 0.349 e. The molecule has 2 aromatic rings. The van der Waals surface area contributed by atoms with E-state index in [9.17, 15) is 4.79 Å². The number of benzene rings is 2. The second kappa shape index (κ2) is 7.62. The summed E-state index contributed by atoms with van der Waals surface area (Å²) in [5.74, 6) is -0.00900. The molecule has 0 spiro atoms. The number of likely N-dealkylation sites (N-methyl/N-ethyl adjacent to an activating group) is 1. The maximum atomic E-state index is 11.7. The molecule has 0 saturated carbocycles. The molecule has 1 N–H and O–H groups in total. The fourth-order valence-electron chi connectivity index (χ4n) is 3.33. The number of fused-ring (bicyclic) bond motifs is 2. The molecule has 130 valence electrons. The van der Waals surface area contributed by atoms with Crippen LogP contribution in [0.15, 0.2) is 53.5 Å². The number of aliphatic imine (C=N–C) groups is 1. The van der Waals surface area contributed by atoms with Crippen molar-refractivity contribution in [2.75, 3.05) is 27.2 Å². The highest BCUT2D eigenvalue weighted by atomic mass is 16.1. The predicted molar refractivity (Wildman–Crippen MR) is 102 cm³/mol. The molecule has 4 nitrogen and oxygen atoms in total. The van der Waals surface area contributed by atoms with Crippen LogP contribution in [0.4, 0.5) is 0 Å². The van der Waals surface area contributed by atoms with Crippen LogP contribution in [-0.2, 0) is 11.2 Å². The Bertz CT molecular complexity index is 795. The van der Waals surface area contributed by atoms with Gasteiger partial charge in [-0.3, -0.25) is 9.79 Å². The minimum atomic E-state index is -0.0311. The zero-order valence-electron chi connectivity index (χ0n) is 15.1. The van der Waals surface area contributed by atoms with Crippen molar-refractivity contribution in [1.82, 2.24) is 10.2 Å². The Hall–Kier alpha value is -2.46. The lowest BCUT2D eigenvalue weighted by Crippen LogP contribution is -2.27. The van der Waals surface area contributed by atoms with Crippen LogP contribution < -0.4 is 5.32 Å². The summed E-state index contributed by atoms with van der Waals surface area (Å²) in [5, 5.41) is 3.11. The molecule has 2 aromatic carbocycles. The van der Waals surface area contributed by atoms with Gasteiger partial charge in [-0.25, -0.2) is 0 Å². The van der Waals surface area contributed by atoms with E-state index in [1.165, 1.54) is 11.1 Å². The molecule has 0 fully saturated rings. The highest BCUT2D eigenvalue weighted by molar-refractivity contribution is 6.15. The maximum Gasteiger partial charge on any atom is 0.217 e. The quantitative estimate of drug-likeness (QED) is 0.934. The minimum Gasteiger partial charge on any atom is -0.349 e. The number of amides is 1. The van der Waals surface area contributed by atoms with Gasteiger partial charge in [0, 0.05) is 24.6 Å². The molecule has 1 aliphatic carbocycles. The van der Waals surface area contributed by atoms with E-state index in [0.29, 0.717) is 0 Å². The van der Waals surface area contributed by atoms with E-state index in [2.05, 4.69) is 60.7 Å².